The number of hydrogen-bond donors (Lipinski definition) is 1. The minimum absolute atomic E-state index is 0. The predicted octanol–water partition coefficient (Wildman–Crippen LogP) is 2.89. The number of piperidine rings is 1. The van der Waals surface area contributed by atoms with E-state index in [0.29, 0.717) is 11.1 Å². The number of carbonyl (C=O) groups excluding carboxylic acids is 1. The lowest BCUT2D eigenvalue weighted by atomic mass is 10.0. The minimum Gasteiger partial charge on any atom is -0.339 e. The largest absolute Gasteiger partial charge is 0.339 e. The summed E-state index contributed by atoms with van der Waals surface area (Å²) in [7, 11) is 1.90. The van der Waals surface area contributed by atoms with Gasteiger partial charge in [0.15, 0.2) is 0 Å². The average Bonchev–Trinajstić information content (AvgIpc) is 2.38. The number of carbonyl (C=O) groups is 1. The van der Waals surface area contributed by atoms with Gasteiger partial charge in [-0.3, -0.25) is 4.79 Å². The molecule has 0 bridgehead atoms. The van der Waals surface area contributed by atoms with Crippen LogP contribution >= 0.6 is 24.0 Å². The van der Waals surface area contributed by atoms with Crippen molar-refractivity contribution >= 4 is 29.9 Å². The molecule has 1 aromatic carbocycles. The Hall–Kier alpha value is -0.770. The van der Waals surface area contributed by atoms with Gasteiger partial charge in [0.25, 0.3) is 5.91 Å². The van der Waals surface area contributed by atoms with Crippen LogP contribution in [0.5, 0.6) is 0 Å². The van der Waals surface area contributed by atoms with Gasteiger partial charge in [0.05, 0.1) is 0 Å². The number of hydrogen-bond acceptors (Lipinski definition) is 2. The predicted molar refractivity (Wildman–Crippen MR) is 81.4 cm³/mol. The topological polar surface area (TPSA) is 32.3 Å². The van der Waals surface area contributed by atoms with Crippen LogP contribution in [0, 0.1) is 6.92 Å². The molecule has 5 heteroatoms. The number of rotatable bonds is 2. The number of halogens is 2. The Balaban J connectivity index is 0.00000180. The van der Waals surface area contributed by atoms with Crippen LogP contribution in [0.25, 0.3) is 0 Å². The fraction of sp³-hybridized carbons (Fsp3) is 0.500. The van der Waals surface area contributed by atoms with E-state index in [4.69, 9.17) is 11.6 Å². The average molecular weight is 303 g/mol. The minimum atomic E-state index is 0. The van der Waals surface area contributed by atoms with Gasteiger partial charge in [-0.2, -0.15) is 0 Å². The number of amides is 1. The van der Waals surface area contributed by atoms with Crippen LogP contribution in [-0.4, -0.2) is 37.0 Å². The molecule has 1 aliphatic rings. The van der Waals surface area contributed by atoms with Crippen molar-refractivity contribution in [2.24, 2.45) is 0 Å². The van der Waals surface area contributed by atoms with Crippen LogP contribution in [0.4, 0.5) is 0 Å². The van der Waals surface area contributed by atoms with E-state index in [1.165, 1.54) is 0 Å². The summed E-state index contributed by atoms with van der Waals surface area (Å²) < 4.78 is 0. The number of benzene rings is 1. The highest BCUT2D eigenvalue weighted by atomic mass is 35.5. The van der Waals surface area contributed by atoms with Crippen LogP contribution in [0.2, 0.25) is 5.02 Å². The molecule has 106 valence electrons. The molecule has 1 N–H and O–H groups in total. The lowest BCUT2D eigenvalue weighted by Gasteiger charge is -2.32. The molecule has 1 fully saturated rings. The van der Waals surface area contributed by atoms with Gasteiger partial charge in [0.2, 0.25) is 0 Å². The molecule has 19 heavy (non-hydrogen) atoms. The van der Waals surface area contributed by atoms with Crippen molar-refractivity contribution in [2.75, 3.05) is 20.1 Å². The zero-order chi connectivity index (χ0) is 13.1. The van der Waals surface area contributed by atoms with Gasteiger partial charge in [-0.1, -0.05) is 11.6 Å². The van der Waals surface area contributed by atoms with Gasteiger partial charge in [-0.25, -0.2) is 0 Å². The van der Waals surface area contributed by atoms with Gasteiger partial charge in [-0.05, 0) is 56.6 Å². The van der Waals surface area contributed by atoms with Crippen molar-refractivity contribution < 1.29 is 4.79 Å². The molecular weight excluding hydrogens is 283 g/mol. The summed E-state index contributed by atoms with van der Waals surface area (Å²) in [6, 6.07) is 5.77. The third kappa shape index (κ3) is 3.85. The number of aryl methyl sites for hydroxylation is 1. The first-order valence-corrected chi connectivity index (χ1v) is 6.71. The summed E-state index contributed by atoms with van der Waals surface area (Å²) >= 11 is 5.92. The maximum Gasteiger partial charge on any atom is 0.254 e. The van der Waals surface area contributed by atoms with Gasteiger partial charge >= 0.3 is 0 Å². The molecule has 1 heterocycles. The van der Waals surface area contributed by atoms with Crippen molar-refractivity contribution in [3.05, 3.63) is 34.3 Å². The molecule has 1 amide bonds. The van der Waals surface area contributed by atoms with E-state index in [1.807, 2.05) is 31.0 Å². The summed E-state index contributed by atoms with van der Waals surface area (Å²) in [4.78, 5) is 14.3. The van der Waals surface area contributed by atoms with E-state index >= 15 is 0 Å². The molecule has 0 radical (unpaired) electrons. The third-order valence-corrected chi connectivity index (χ3v) is 3.83. The van der Waals surface area contributed by atoms with Crippen LogP contribution in [0.1, 0.15) is 28.8 Å². The first-order chi connectivity index (χ1) is 8.59. The van der Waals surface area contributed by atoms with Gasteiger partial charge in [0.1, 0.15) is 0 Å². The molecule has 2 rings (SSSR count). The molecule has 0 aliphatic carbocycles. The van der Waals surface area contributed by atoms with Crippen LogP contribution in [-0.2, 0) is 0 Å². The van der Waals surface area contributed by atoms with E-state index in [0.717, 1.165) is 37.1 Å². The Morgan fingerprint density at radius 1 is 1.37 bits per heavy atom. The molecule has 1 aliphatic heterocycles. The van der Waals surface area contributed by atoms with Crippen LogP contribution in [0.3, 0.4) is 0 Å². The lowest BCUT2D eigenvalue weighted by Crippen LogP contribution is -2.44. The first-order valence-electron chi connectivity index (χ1n) is 6.33. The highest BCUT2D eigenvalue weighted by molar-refractivity contribution is 6.30. The Bertz CT molecular complexity index is 445. The van der Waals surface area contributed by atoms with Gasteiger partial charge in [-0.15, -0.1) is 12.4 Å². The van der Waals surface area contributed by atoms with Gasteiger partial charge in [0, 0.05) is 23.7 Å². The second-order valence-electron chi connectivity index (χ2n) is 4.86. The summed E-state index contributed by atoms with van der Waals surface area (Å²) in [6.45, 7) is 3.90. The molecule has 0 unspecified atom stereocenters. The van der Waals surface area contributed by atoms with E-state index in [9.17, 15) is 4.79 Å². The SMILES string of the molecule is Cc1cc(Cl)ccc1C(=O)N(C)C1CCNCC1.Cl. The fourth-order valence-corrected chi connectivity index (χ4v) is 2.64. The first kappa shape index (κ1) is 16.3. The molecule has 0 spiro atoms. The smallest absolute Gasteiger partial charge is 0.254 e. The van der Waals surface area contributed by atoms with Crippen molar-refractivity contribution in [3.8, 4) is 0 Å². The fourth-order valence-electron chi connectivity index (χ4n) is 2.42. The second kappa shape index (κ2) is 7.13. The molecule has 0 aromatic heterocycles. The van der Waals surface area contributed by atoms with Crippen LogP contribution < -0.4 is 5.32 Å². The molecule has 1 saturated heterocycles. The summed E-state index contributed by atoms with van der Waals surface area (Å²) in [5.41, 5.74) is 1.69. The van der Waals surface area contributed by atoms with Crippen molar-refractivity contribution in [3.63, 3.8) is 0 Å². The van der Waals surface area contributed by atoms with E-state index in [2.05, 4.69) is 5.32 Å². The van der Waals surface area contributed by atoms with Crippen molar-refractivity contribution in [1.82, 2.24) is 10.2 Å². The highest BCUT2D eigenvalue weighted by Crippen LogP contribution is 2.19. The Kier molecular flexibility index (Phi) is 6.11. The summed E-state index contributed by atoms with van der Waals surface area (Å²) in [6.07, 6.45) is 2.05. The van der Waals surface area contributed by atoms with E-state index in [-0.39, 0.29) is 18.3 Å². The highest BCUT2D eigenvalue weighted by Gasteiger charge is 2.23. The summed E-state index contributed by atoms with van der Waals surface area (Å²) in [5.74, 6) is 0.0936. The van der Waals surface area contributed by atoms with Crippen molar-refractivity contribution in [1.29, 1.82) is 0 Å². The van der Waals surface area contributed by atoms with Crippen molar-refractivity contribution in [2.45, 2.75) is 25.8 Å². The summed E-state index contributed by atoms with van der Waals surface area (Å²) in [5, 5.41) is 3.99. The Morgan fingerprint density at radius 3 is 2.58 bits per heavy atom. The molecule has 0 saturated carbocycles. The molecule has 1 aromatic rings. The monoisotopic (exact) mass is 302 g/mol. The molecular formula is C14H20Cl2N2O. The normalized spacial score (nSPS) is 15.7. The lowest BCUT2D eigenvalue weighted by molar-refractivity contribution is 0.0702. The zero-order valence-corrected chi connectivity index (χ0v) is 12.9. The van der Waals surface area contributed by atoms with E-state index in [1.54, 1.807) is 6.07 Å². The Morgan fingerprint density at radius 2 is 2.00 bits per heavy atom. The standard InChI is InChI=1S/C14H19ClN2O.ClH/c1-10-9-11(15)3-4-13(10)14(18)17(2)12-5-7-16-8-6-12;/h3-4,9,12,16H,5-8H2,1-2H3;1H. The second-order valence-corrected chi connectivity index (χ2v) is 5.29. The maximum absolute atomic E-state index is 12.4. The maximum atomic E-state index is 12.4. The van der Waals surface area contributed by atoms with E-state index < -0.39 is 0 Å². The number of nitrogens with zero attached hydrogens (tertiary/aromatic N) is 1. The zero-order valence-electron chi connectivity index (χ0n) is 11.3. The molecule has 0 atom stereocenters. The Labute approximate surface area is 125 Å². The van der Waals surface area contributed by atoms with Gasteiger partial charge < -0.3 is 10.2 Å². The molecule has 3 nitrogen and oxygen atoms in total. The quantitative estimate of drug-likeness (QED) is 0.911. The van der Waals surface area contributed by atoms with Crippen LogP contribution in [0.15, 0.2) is 18.2 Å². The number of nitrogens with one attached hydrogen (secondary N) is 1. The third-order valence-electron chi connectivity index (χ3n) is 3.60.